The van der Waals surface area contributed by atoms with Gasteiger partial charge in [0.1, 0.15) is 0 Å². The second-order valence-electron chi connectivity index (χ2n) is 13.8. The molecule has 0 bridgehead atoms. The Bertz CT molecular complexity index is 810. The van der Waals surface area contributed by atoms with Crippen molar-refractivity contribution in [1.29, 1.82) is 0 Å². The minimum absolute atomic E-state index is 0.619. The summed E-state index contributed by atoms with van der Waals surface area (Å²) in [5.41, 5.74) is 4.89. The van der Waals surface area contributed by atoms with E-state index in [0.717, 1.165) is 35.7 Å². The van der Waals surface area contributed by atoms with Crippen LogP contribution in [0.5, 0.6) is 0 Å². The molecule has 2 aliphatic rings. The summed E-state index contributed by atoms with van der Waals surface area (Å²) in [6.07, 6.45) is 25.3. The van der Waals surface area contributed by atoms with Gasteiger partial charge in [-0.3, -0.25) is 0 Å². The Kier molecular flexibility index (Phi) is 16.0. The second kappa shape index (κ2) is 17.5. The lowest BCUT2D eigenvalue weighted by molar-refractivity contribution is 0.0763. The minimum Gasteiger partial charge on any atom is -0.115 e. The van der Waals surface area contributed by atoms with Crippen molar-refractivity contribution in [2.45, 2.75) is 159 Å². The van der Waals surface area contributed by atoms with Gasteiger partial charge in [-0.1, -0.05) is 119 Å². The fraction of sp³-hybridized carbons (Fsp3) is 0.789. The summed E-state index contributed by atoms with van der Waals surface area (Å²) in [5, 5.41) is 0. The van der Waals surface area contributed by atoms with Gasteiger partial charge in [0.15, 0.2) is 0 Å². The summed E-state index contributed by atoms with van der Waals surface area (Å²) in [6, 6.07) is 6.15. The van der Waals surface area contributed by atoms with Crippen molar-refractivity contribution in [2.75, 3.05) is 0 Å². The average Bonchev–Trinajstić information content (AvgIpc) is 3.19. The largest absolute Gasteiger partial charge is 0.115 e. The zero-order valence-corrected chi connectivity index (χ0v) is 27.5. The number of terminal acetylenes is 1. The predicted molar refractivity (Wildman–Crippen MR) is 173 cm³/mol. The second-order valence-corrected chi connectivity index (χ2v) is 13.8. The summed E-state index contributed by atoms with van der Waals surface area (Å²) in [5.74, 6) is 6.45. The molecule has 5 atom stereocenters. The van der Waals surface area contributed by atoms with E-state index >= 15 is 0 Å². The Morgan fingerprint density at radius 2 is 1.66 bits per heavy atom. The van der Waals surface area contributed by atoms with E-state index in [4.69, 9.17) is 6.42 Å². The van der Waals surface area contributed by atoms with Crippen LogP contribution in [0.3, 0.4) is 0 Å². The fourth-order valence-corrected chi connectivity index (χ4v) is 7.92. The van der Waals surface area contributed by atoms with Crippen LogP contribution in [0.2, 0.25) is 0 Å². The number of hydrogen-bond acceptors (Lipinski definition) is 0. The van der Waals surface area contributed by atoms with E-state index in [2.05, 4.69) is 87.3 Å². The van der Waals surface area contributed by atoms with Crippen molar-refractivity contribution in [3.8, 4) is 12.3 Å². The minimum atomic E-state index is 0.619. The first-order valence-electron chi connectivity index (χ1n) is 16.6. The molecule has 2 fully saturated rings. The van der Waals surface area contributed by atoms with Crippen molar-refractivity contribution in [1.82, 2.24) is 0 Å². The molecule has 0 saturated heterocycles. The molecule has 0 N–H and O–H groups in total. The number of hydrogen-bond donors (Lipinski definition) is 0. The Morgan fingerprint density at radius 1 is 0.974 bits per heavy atom. The first kappa shape index (κ1) is 34.8. The lowest BCUT2D eigenvalue weighted by Gasteiger charge is -2.42. The first-order valence-corrected chi connectivity index (χ1v) is 16.6. The molecule has 1 aromatic carbocycles. The van der Waals surface area contributed by atoms with E-state index in [-0.39, 0.29) is 0 Å². The molecule has 0 spiro atoms. The Hall–Kier alpha value is -1.22. The van der Waals surface area contributed by atoms with Gasteiger partial charge in [0.25, 0.3) is 0 Å². The highest BCUT2D eigenvalue weighted by Crippen LogP contribution is 2.56. The number of benzene rings is 1. The zero-order chi connectivity index (χ0) is 28.8. The molecule has 0 aromatic heterocycles. The normalized spacial score (nSPS) is 29.3. The van der Waals surface area contributed by atoms with Crippen LogP contribution in [0, 0.1) is 53.8 Å². The molecule has 2 aliphatic carbocycles. The van der Waals surface area contributed by atoms with Crippen molar-refractivity contribution in [3.05, 3.63) is 34.9 Å². The standard InChI is InChI=1S/C24H46.C11H12.C3H8/c1-7-15-24(6)21(13-14-22(24)19(3)4)17-20-12-10-9-11-16-23(5,8-2)18-20;1-4-10-6-7-11(5-2)9(3)8-10;1-3-2/h19-22H,7-18H2,1-6H3;1,6-8H,5H2,2-3H3;3H2,1-2H3/t20?,21?,22?,23-,24?;;/m0../s1. The lowest BCUT2D eigenvalue weighted by atomic mass is 9.63. The van der Waals surface area contributed by atoms with Gasteiger partial charge >= 0.3 is 0 Å². The van der Waals surface area contributed by atoms with Crippen LogP contribution in [0.1, 0.15) is 162 Å². The van der Waals surface area contributed by atoms with Crippen LogP contribution in [-0.4, -0.2) is 0 Å². The first-order chi connectivity index (χ1) is 18.0. The van der Waals surface area contributed by atoms with Gasteiger partial charge in [-0.25, -0.2) is 0 Å². The molecule has 0 radical (unpaired) electrons. The molecule has 0 heterocycles. The van der Waals surface area contributed by atoms with Gasteiger partial charge in [-0.05, 0) is 110 Å². The van der Waals surface area contributed by atoms with Crippen LogP contribution >= 0.6 is 0 Å². The smallest absolute Gasteiger partial charge is 0.0245 e. The third-order valence-electron chi connectivity index (χ3n) is 10.2. The Morgan fingerprint density at radius 3 is 2.18 bits per heavy atom. The molecule has 0 heteroatoms. The van der Waals surface area contributed by atoms with Crippen LogP contribution in [0.15, 0.2) is 18.2 Å². The highest BCUT2D eigenvalue weighted by atomic mass is 14.5. The molecule has 218 valence electrons. The molecule has 38 heavy (non-hydrogen) atoms. The van der Waals surface area contributed by atoms with E-state index in [1.165, 1.54) is 94.6 Å². The maximum atomic E-state index is 5.26. The molecule has 0 nitrogen and oxygen atoms in total. The highest BCUT2D eigenvalue weighted by molar-refractivity contribution is 5.39. The molecule has 3 rings (SSSR count). The average molecular weight is 523 g/mol. The van der Waals surface area contributed by atoms with Gasteiger partial charge in [0.05, 0.1) is 0 Å². The van der Waals surface area contributed by atoms with Crippen molar-refractivity contribution >= 4 is 0 Å². The molecule has 4 unspecified atom stereocenters. The maximum absolute atomic E-state index is 5.26. The number of rotatable bonds is 7. The Balaban J connectivity index is 0.000000428. The van der Waals surface area contributed by atoms with Crippen molar-refractivity contribution in [2.24, 2.45) is 34.5 Å². The van der Waals surface area contributed by atoms with Gasteiger partial charge in [0.2, 0.25) is 0 Å². The van der Waals surface area contributed by atoms with Crippen LogP contribution in [0.4, 0.5) is 0 Å². The molecule has 1 aromatic rings. The third kappa shape index (κ3) is 10.4. The monoisotopic (exact) mass is 523 g/mol. The SMILES string of the molecule is C#Cc1ccc(CC)c(C)c1.CCC.CCCC1(C)C(CC2CCCCC[C@](C)(CC)C2)CCC1C(C)C. The third-order valence-corrected chi connectivity index (χ3v) is 10.2. The summed E-state index contributed by atoms with van der Waals surface area (Å²) in [4.78, 5) is 0. The van der Waals surface area contributed by atoms with E-state index in [0.29, 0.717) is 10.8 Å². The van der Waals surface area contributed by atoms with Crippen molar-refractivity contribution < 1.29 is 0 Å². The van der Waals surface area contributed by atoms with E-state index in [9.17, 15) is 0 Å². The molecule has 0 amide bonds. The topological polar surface area (TPSA) is 0 Å². The molecular formula is C38H66. The quantitative estimate of drug-likeness (QED) is 0.312. The lowest BCUT2D eigenvalue weighted by Crippen LogP contribution is -2.33. The van der Waals surface area contributed by atoms with Crippen LogP contribution in [0.25, 0.3) is 0 Å². The van der Waals surface area contributed by atoms with E-state index < -0.39 is 0 Å². The zero-order valence-electron chi connectivity index (χ0n) is 27.5. The van der Waals surface area contributed by atoms with E-state index in [1.807, 2.05) is 6.07 Å². The summed E-state index contributed by atoms with van der Waals surface area (Å²) in [6.45, 7) is 23.5. The number of aryl methyl sites for hydroxylation is 2. The van der Waals surface area contributed by atoms with Gasteiger partial charge in [-0.2, -0.15) is 0 Å². The summed E-state index contributed by atoms with van der Waals surface area (Å²) < 4.78 is 0. The van der Waals surface area contributed by atoms with E-state index in [1.54, 1.807) is 0 Å². The summed E-state index contributed by atoms with van der Waals surface area (Å²) in [7, 11) is 0. The summed E-state index contributed by atoms with van der Waals surface area (Å²) >= 11 is 0. The van der Waals surface area contributed by atoms with Gasteiger partial charge in [-0.15, -0.1) is 6.42 Å². The maximum Gasteiger partial charge on any atom is 0.0245 e. The predicted octanol–water partition coefficient (Wildman–Crippen LogP) is 12.2. The van der Waals surface area contributed by atoms with Crippen LogP contribution < -0.4 is 0 Å². The Labute approximate surface area is 240 Å². The highest BCUT2D eigenvalue weighted by Gasteiger charge is 2.47. The molecule has 0 aliphatic heterocycles. The van der Waals surface area contributed by atoms with Crippen LogP contribution in [-0.2, 0) is 6.42 Å². The van der Waals surface area contributed by atoms with Gasteiger partial charge in [0, 0.05) is 5.56 Å². The van der Waals surface area contributed by atoms with Crippen molar-refractivity contribution in [3.63, 3.8) is 0 Å². The fourth-order valence-electron chi connectivity index (χ4n) is 7.92. The van der Waals surface area contributed by atoms with Gasteiger partial charge < -0.3 is 0 Å². The molecule has 2 saturated carbocycles. The molecular weight excluding hydrogens is 456 g/mol.